The quantitative estimate of drug-likeness (QED) is 0.600. The van der Waals surface area contributed by atoms with Crippen molar-refractivity contribution in [1.29, 1.82) is 0 Å². The smallest absolute Gasteiger partial charge is 0.228 e. The molecular formula is C25H29N3OS. The molecule has 3 heterocycles. The molecular weight excluding hydrogens is 390 g/mol. The van der Waals surface area contributed by atoms with Crippen LogP contribution in [0, 0.1) is 5.41 Å². The first-order chi connectivity index (χ1) is 14.5. The van der Waals surface area contributed by atoms with Crippen molar-refractivity contribution in [2.45, 2.75) is 39.3 Å². The molecule has 30 heavy (non-hydrogen) atoms. The summed E-state index contributed by atoms with van der Waals surface area (Å²) in [6.45, 7) is 6.63. The minimum atomic E-state index is -0.387. The highest BCUT2D eigenvalue weighted by Crippen LogP contribution is 2.36. The SMILES string of the molecule is CC(C)NC(=O)C1(Cc2ccc(-c3cccs3)cc2)CCN(Cc2ccncc2)C1. The Bertz CT molecular complexity index is 954. The van der Waals surface area contributed by atoms with E-state index in [1.807, 2.05) is 26.2 Å². The lowest BCUT2D eigenvalue weighted by Gasteiger charge is -2.30. The number of nitrogens with one attached hydrogen (secondary N) is 1. The fourth-order valence-electron chi connectivity index (χ4n) is 4.29. The van der Waals surface area contributed by atoms with Gasteiger partial charge in [0, 0.05) is 36.4 Å². The van der Waals surface area contributed by atoms with Gasteiger partial charge in [0.05, 0.1) is 5.41 Å². The van der Waals surface area contributed by atoms with E-state index in [4.69, 9.17) is 0 Å². The Labute approximate surface area is 183 Å². The monoisotopic (exact) mass is 419 g/mol. The lowest BCUT2D eigenvalue weighted by atomic mass is 9.79. The van der Waals surface area contributed by atoms with E-state index in [2.05, 4.69) is 69.1 Å². The highest BCUT2D eigenvalue weighted by atomic mass is 32.1. The van der Waals surface area contributed by atoms with Gasteiger partial charge >= 0.3 is 0 Å². The van der Waals surface area contributed by atoms with Crippen LogP contribution >= 0.6 is 11.3 Å². The fraction of sp³-hybridized carbons (Fsp3) is 0.360. The summed E-state index contributed by atoms with van der Waals surface area (Å²) in [5, 5.41) is 5.29. The molecule has 1 aromatic carbocycles. The molecule has 4 rings (SSSR count). The largest absolute Gasteiger partial charge is 0.353 e. The normalized spacial score (nSPS) is 19.3. The maximum atomic E-state index is 13.3. The average molecular weight is 420 g/mol. The zero-order valence-electron chi connectivity index (χ0n) is 17.7. The molecule has 1 saturated heterocycles. The highest BCUT2D eigenvalue weighted by molar-refractivity contribution is 7.13. The maximum Gasteiger partial charge on any atom is 0.228 e. The van der Waals surface area contributed by atoms with Crippen molar-refractivity contribution < 1.29 is 4.79 Å². The molecule has 0 bridgehead atoms. The van der Waals surface area contributed by atoms with Crippen LogP contribution in [0.15, 0.2) is 66.3 Å². The second kappa shape index (κ2) is 9.11. The predicted molar refractivity (Wildman–Crippen MR) is 123 cm³/mol. The van der Waals surface area contributed by atoms with Crippen LogP contribution < -0.4 is 5.32 Å². The summed E-state index contributed by atoms with van der Waals surface area (Å²) in [7, 11) is 0. The molecule has 0 saturated carbocycles. The van der Waals surface area contributed by atoms with Gasteiger partial charge in [0.25, 0.3) is 0 Å². The van der Waals surface area contributed by atoms with Crippen LogP contribution in [-0.2, 0) is 17.8 Å². The van der Waals surface area contributed by atoms with E-state index < -0.39 is 0 Å². The molecule has 3 aromatic rings. The number of aromatic nitrogens is 1. The van der Waals surface area contributed by atoms with Crippen LogP contribution in [0.4, 0.5) is 0 Å². The molecule has 1 unspecified atom stereocenters. The number of rotatable bonds is 7. The topological polar surface area (TPSA) is 45.2 Å². The number of likely N-dealkylation sites (tertiary alicyclic amines) is 1. The molecule has 1 fully saturated rings. The number of carbonyl (C=O) groups excluding carboxylic acids is 1. The Morgan fingerprint density at radius 2 is 1.90 bits per heavy atom. The van der Waals surface area contributed by atoms with Crippen molar-refractivity contribution >= 4 is 17.2 Å². The van der Waals surface area contributed by atoms with Crippen molar-refractivity contribution in [3.63, 3.8) is 0 Å². The minimum Gasteiger partial charge on any atom is -0.353 e. The zero-order chi connectivity index (χ0) is 21.0. The third-order valence-corrected chi connectivity index (χ3v) is 6.71. The standard InChI is InChI=1S/C25H29N3OS/c1-19(2)27-24(29)25(11-14-28(18-25)17-21-9-12-26-13-10-21)16-20-5-7-22(8-6-20)23-4-3-15-30-23/h3-10,12-13,15,19H,11,14,16-18H2,1-2H3,(H,27,29). The molecule has 1 aliphatic heterocycles. The summed E-state index contributed by atoms with van der Waals surface area (Å²) < 4.78 is 0. The Morgan fingerprint density at radius 1 is 1.13 bits per heavy atom. The van der Waals surface area contributed by atoms with E-state index in [-0.39, 0.29) is 17.4 Å². The van der Waals surface area contributed by atoms with Crippen molar-refractivity contribution in [2.24, 2.45) is 5.41 Å². The first-order valence-electron chi connectivity index (χ1n) is 10.6. The Morgan fingerprint density at radius 3 is 2.57 bits per heavy atom. The van der Waals surface area contributed by atoms with E-state index in [1.165, 1.54) is 21.6 Å². The summed E-state index contributed by atoms with van der Waals surface area (Å²) in [6.07, 6.45) is 5.31. The zero-order valence-corrected chi connectivity index (χ0v) is 18.5. The van der Waals surface area contributed by atoms with E-state index >= 15 is 0 Å². The van der Waals surface area contributed by atoms with Crippen molar-refractivity contribution in [1.82, 2.24) is 15.2 Å². The summed E-state index contributed by atoms with van der Waals surface area (Å²) in [5.41, 5.74) is 3.31. The second-order valence-electron chi connectivity index (χ2n) is 8.58. The highest BCUT2D eigenvalue weighted by Gasteiger charge is 2.44. The van der Waals surface area contributed by atoms with E-state index in [9.17, 15) is 4.79 Å². The number of hydrogen-bond acceptors (Lipinski definition) is 4. The van der Waals surface area contributed by atoms with Gasteiger partial charge in [-0.2, -0.15) is 0 Å². The molecule has 156 valence electrons. The number of amides is 1. The van der Waals surface area contributed by atoms with E-state index in [0.29, 0.717) is 0 Å². The van der Waals surface area contributed by atoms with Crippen LogP contribution in [-0.4, -0.2) is 34.9 Å². The van der Waals surface area contributed by atoms with Gasteiger partial charge in [0.15, 0.2) is 0 Å². The van der Waals surface area contributed by atoms with Crippen LogP contribution in [0.1, 0.15) is 31.4 Å². The first kappa shape index (κ1) is 20.8. The van der Waals surface area contributed by atoms with Crippen LogP contribution in [0.2, 0.25) is 0 Å². The Balaban J connectivity index is 1.52. The Kier molecular flexibility index (Phi) is 6.30. The molecule has 1 amide bonds. The summed E-state index contributed by atoms with van der Waals surface area (Å²) in [5.74, 6) is 0.178. The summed E-state index contributed by atoms with van der Waals surface area (Å²) in [4.78, 5) is 21.1. The van der Waals surface area contributed by atoms with Gasteiger partial charge in [-0.1, -0.05) is 30.3 Å². The van der Waals surface area contributed by atoms with Crippen molar-refractivity contribution in [3.8, 4) is 10.4 Å². The van der Waals surface area contributed by atoms with Crippen LogP contribution in [0.5, 0.6) is 0 Å². The lowest BCUT2D eigenvalue weighted by molar-refractivity contribution is -0.131. The molecule has 1 aliphatic rings. The summed E-state index contributed by atoms with van der Waals surface area (Å²) >= 11 is 1.75. The average Bonchev–Trinajstić information content (AvgIpc) is 3.40. The second-order valence-corrected chi connectivity index (χ2v) is 9.52. The van der Waals surface area contributed by atoms with Gasteiger partial charge in [-0.15, -0.1) is 11.3 Å². The molecule has 0 aliphatic carbocycles. The molecule has 4 nitrogen and oxygen atoms in total. The van der Waals surface area contributed by atoms with Gasteiger partial charge in [-0.05, 0) is 73.5 Å². The van der Waals surface area contributed by atoms with Crippen LogP contribution in [0.25, 0.3) is 10.4 Å². The molecule has 1 N–H and O–H groups in total. The number of thiophene rings is 1. The van der Waals surface area contributed by atoms with Gasteiger partial charge in [-0.25, -0.2) is 0 Å². The molecule has 5 heteroatoms. The Hall–Kier alpha value is -2.50. The first-order valence-corrected chi connectivity index (χ1v) is 11.5. The number of carbonyl (C=O) groups is 1. The van der Waals surface area contributed by atoms with E-state index in [0.717, 1.165) is 32.5 Å². The van der Waals surface area contributed by atoms with Crippen molar-refractivity contribution in [2.75, 3.05) is 13.1 Å². The van der Waals surface area contributed by atoms with Gasteiger partial charge in [0.2, 0.25) is 5.91 Å². The predicted octanol–water partition coefficient (Wildman–Crippen LogP) is 4.77. The fourth-order valence-corrected chi connectivity index (χ4v) is 5.02. The molecule has 0 radical (unpaired) electrons. The third-order valence-electron chi connectivity index (χ3n) is 5.79. The van der Waals surface area contributed by atoms with Gasteiger partial charge in [-0.3, -0.25) is 14.7 Å². The van der Waals surface area contributed by atoms with Crippen LogP contribution in [0.3, 0.4) is 0 Å². The number of hydrogen-bond donors (Lipinski definition) is 1. The van der Waals surface area contributed by atoms with Gasteiger partial charge < -0.3 is 5.32 Å². The van der Waals surface area contributed by atoms with E-state index in [1.54, 1.807) is 11.3 Å². The molecule has 2 aromatic heterocycles. The molecule has 1 atom stereocenters. The maximum absolute atomic E-state index is 13.3. The lowest BCUT2D eigenvalue weighted by Crippen LogP contribution is -2.46. The number of nitrogens with zero attached hydrogens (tertiary/aromatic N) is 2. The number of benzene rings is 1. The number of pyridine rings is 1. The minimum absolute atomic E-state index is 0.143. The molecule has 0 spiro atoms. The third kappa shape index (κ3) is 4.79. The van der Waals surface area contributed by atoms with Crippen molar-refractivity contribution in [3.05, 3.63) is 77.4 Å². The summed E-state index contributed by atoms with van der Waals surface area (Å²) in [6, 6.07) is 17.2. The van der Waals surface area contributed by atoms with Gasteiger partial charge in [0.1, 0.15) is 0 Å².